The van der Waals surface area contributed by atoms with Crippen molar-refractivity contribution in [1.29, 1.82) is 0 Å². The number of aliphatic hydroxyl groups excluding tert-OH is 1. The quantitative estimate of drug-likeness (QED) is 0.427. The van der Waals surface area contributed by atoms with Gasteiger partial charge >= 0.3 is 0 Å². The molecule has 2 N–H and O–H groups in total. The van der Waals surface area contributed by atoms with Crippen molar-refractivity contribution >= 4 is 16.6 Å². The van der Waals surface area contributed by atoms with Gasteiger partial charge in [0, 0.05) is 17.8 Å². The minimum absolute atomic E-state index is 0.0764. The summed E-state index contributed by atoms with van der Waals surface area (Å²) in [5.74, 6) is -0.0400. The first-order valence-electron chi connectivity index (χ1n) is 11.2. The maximum absolute atomic E-state index is 14.6. The van der Waals surface area contributed by atoms with Crippen LogP contribution in [0, 0.1) is 12.4 Å². The van der Waals surface area contributed by atoms with Crippen molar-refractivity contribution in [3.8, 4) is 22.6 Å². The molecule has 1 atom stereocenters. The van der Waals surface area contributed by atoms with Crippen LogP contribution in [0.1, 0.15) is 30.4 Å². The molecule has 0 saturated carbocycles. The Balaban J connectivity index is 1.83. The lowest BCUT2D eigenvalue weighted by Gasteiger charge is -2.20. The van der Waals surface area contributed by atoms with Crippen LogP contribution in [0.2, 0.25) is 0 Å². The molecule has 9 heteroatoms. The SMILES string of the molecule is [C-]#[N+]c1cc(-c2ccc(CO)nc2)c2nc(C3CCCN3)n(-c3ccc(OC)c(F)c3)c(=O)c2c1. The van der Waals surface area contributed by atoms with Crippen LogP contribution < -0.4 is 15.6 Å². The van der Waals surface area contributed by atoms with Crippen molar-refractivity contribution < 1.29 is 14.2 Å². The second-order valence-electron chi connectivity index (χ2n) is 8.28. The standard InChI is InChI=1S/C26H22FN5O3/c1-28-17-10-19(15-5-6-16(14-33)30-13-15)24-20(11-17)26(34)32(25(31-24)22-4-3-9-29-22)18-7-8-23(35-2)21(27)12-18/h5-8,10-13,22,29,33H,3-4,9,14H2,2H3. The molecular formula is C26H22FN5O3. The summed E-state index contributed by atoms with van der Waals surface area (Å²) in [6.45, 7) is 8.15. The molecule has 4 aromatic rings. The number of hydrogen-bond acceptors (Lipinski definition) is 6. The number of aliphatic hydroxyl groups is 1. The highest BCUT2D eigenvalue weighted by Gasteiger charge is 2.25. The molecule has 2 aromatic carbocycles. The number of rotatable bonds is 5. The maximum atomic E-state index is 14.6. The number of hydrogen-bond donors (Lipinski definition) is 2. The Morgan fingerprint density at radius 2 is 2.14 bits per heavy atom. The number of nitrogens with zero attached hydrogens (tertiary/aromatic N) is 4. The van der Waals surface area contributed by atoms with E-state index in [0.717, 1.165) is 19.4 Å². The van der Waals surface area contributed by atoms with Gasteiger partial charge in [-0.25, -0.2) is 14.2 Å². The summed E-state index contributed by atoms with van der Waals surface area (Å²) in [6.07, 6.45) is 3.29. The molecule has 8 nitrogen and oxygen atoms in total. The second kappa shape index (κ2) is 9.25. The van der Waals surface area contributed by atoms with Crippen molar-refractivity contribution in [2.45, 2.75) is 25.5 Å². The predicted molar refractivity (Wildman–Crippen MR) is 129 cm³/mol. The molecule has 0 amide bonds. The third-order valence-electron chi connectivity index (χ3n) is 6.18. The van der Waals surface area contributed by atoms with E-state index >= 15 is 0 Å². The Bertz CT molecular complexity index is 1520. The smallest absolute Gasteiger partial charge is 0.264 e. The summed E-state index contributed by atoms with van der Waals surface area (Å²) in [5.41, 5.74) is 2.42. The van der Waals surface area contributed by atoms with Crippen LogP contribution >= 0.6 is 0 Å². The summed E-state index contributed by atoms with van der Waals surface area (Å²) in [4.78, 5) is 26.6. The van der Waals surface area contributed by atoms with Crippen molar-refractivity contribution in [3.63, 3.8) is 0 Å². The van der Waals surface area contributed by atoms with Gasteiger partial charge in [0.05, 0.1) is 48.6 Å². The number of halogens is 1. The van der Waals surface area contributed by atoms with Crippen LogP contribution in [0.4, 0.5) is 10.1 Å². The minimum atomic E-state index is -0.590. The first kappa shape index (κ1) is 22.7. The molecule has 2 aromatic heterocycles. The topological polar surface area (TPSA) is 93.6 Å². The lowest BCUT2D eigenvalue weighted by molar-refractivity contribution is 0.277. The van der Waals surface area contributed by atoms with Crippen LogP contribution in [0.15, 0.2) is 53.5 Å². The fraction of sp³-hybridized carbons (Fsp3) is 0.231. The fourth-order valence-corrected chi connectivity index (χ4v) is 4.44. The average molecular weight is 471 g/mol. The van der Waals surface area contributed by atoms with E-state index in [1.54, 1.807) is 30.5 Å². The van der Waals surface area contributed by atoms with Crippen molar-refractivity contribution in [2.75, 3.05) is 13.7 Å². The van der Waals surface area contributed by atoms with E-state index < -0.39 is 11.4 Å². The summed E-state index contributed by atoms with van der Waals surface area (Å²) in [6, 6.07) is 10.8. The third-order valence-corrected chi connectivity index (χ3v) is 6.18. The van der Waals surface area contributed by atoms with E-state index in [1.165, 1.54) is 29.9 Å². The van der Waals surface area contributed by atoms with Crippen molar-refractivity contribution in [3.05, 3.63) is 87.8 Å². The molecule has 0 bridgehead atoms. The van der Waals surface area contributed by atoms with Gasteiger partial charge in [-0.15, -0.1) is 0 Å². The van der Waals surface area contributed by atoms with Crippen LogP contribution in [-0.2, 0) is 6.61 Å². The Kier molecular flexibility index (Phi) is 5.99. The highest BCUT2D eigenvalue weighted by atomic mass is 19.1. The highest BCUT2D eigenvalue weighted by molar-refractivity contribution is 5.96. The second-order valence-corrected chi connectivity index (χ2v) is 8.28. The summed E-state index contributed by atoms with van der Waals surface area (Å²) >= 11 is 0. The van der Waals surface area contributed by atoms with Gasteiger partial charge in [0.15, 0.2) is 17.3 Å². The Hall–Kier alpha value is -4.13. The van der Waals surface area contributed by atoms with Crippen LogP contribution in [0.3, 0.4) is 0 Å². The molecule has 0 spiro atoms. The fourth-order valence-electron chi connectivity index (χ4n) is 4.44. The molecule has 0 radical (unpaired) electrons. The average Bonchev–Trinajstić information content (AvgIpc) is 3.43. The molecule has 0 aliphatic carbocycles. The van der Waals surface area contributed by atoms with Crippen LogP contribution in [0.5, 0.6) is 5.75 Å². The molecule has 1 aliphatic heterocycles. The lowest BCUT2D eigenvalue weighted by atomic mass is 10.0. The predicted octanol–water partition coefficient (Wildman–Crippen LogP) is 4.06. The zero-order chi connectivity index (χ0) is 24.5. The van der Waals surface area contributed by atoms with Gasteiger partial charge in [-0.05, 0) is 55.3 Å². The lowest BCUT2D eigenvalue weighted by Crippen LogP contribution is -2.29. The molecule has 3 heterocycles. The molecular weight excluding hydrogens is 449 g/mol. The zero-order valence-electron chi connectivity index (χ0n) is 19.0. The first-order valence-corrected chi connectivity index (χ1v) is 11.2. The monoisotopic (exact) mass is 471 g/mol. The number of nitrogens with one attached hydrogen (secondary N) is 1. The summed E-state index contributed by atoms with van der Waals surface area (Å²) in [7, 11) is 1.38. The Morgan fingerprint density at radius 3 is 2.77 bits per heavy atom. The van der Waals surface area contributed by atoms with E-state index in [-0.39, 0.29) is 29.5 Å². The third kappa shape index (κ3) is 4.03. The Morgan fingerprint density at radius 1 is 1.29 bits per heavy atom. The molecule has 1 fully saturated rings. The normalized spacial score (nSPS) is 15.3. The van der Waals surface area contributed by atoms with Gasteiger partial charge in [-0.2, -0.15) is 0 Å². The number of methoxy groups -OCH3 is 1. The number of pyridine rings is 1. The minimum Gasteiger partial charge on any atom is -0.494 e. The van der Waals surface area contributed by atoms with Gasteiger partial charge in [0.1, 0.15) is 5.82 Å². The Labute approximate surface area is 200 Å². The molecule has 1 unspecified atom stereocenters. The summed E-state index contributed by atoms with van der Waals surface area (Å²) < 4.78 is 21.1. The number of benzene rings is 2. The number of fused-ring (bicyclic) bond motifs is 1. The number of aromatic nitrogens is 3. The van der Waals surface area contributed by atoms with Gasteiger partial charge in [0.25, 0.3) is 5.56 Å². The van der Waals surface area contributed by atoms with Crippen molar-refractivity contribution in [1.82, 2.24) is 19.9 Å². The maximum Gasteiger partial charge on any atom is 0.264 e. The van der Waals surface area contributed by atoms with Gasteiger partial charge in [-0.1, -0.05) is 6.07 Å². The summed E-state index contributed by atoms with van der Waals surface area (Å²) in [5, 5.41) is 13.0. The molecule has 176 valence electrons. The van der Waals surface area contributed by atoms with Gasteiger partial charge in [0.2, 0.25) is 0 Å². The van der Waals surface area contributed by atoms with E-state index in [1.807, 2.05) is 0 Å². The van der Waals surface area contributed by atoms with Gasteiger partial charge < -0.3 is 15.2 Å². The van der Waals surface area contributed by atoms with E-state index in [0.29, 0.717) is 33.8 Å². The molecule has 5 rings (SSSR count). The zero-order valence-corrected chi connectivity index (χ0v) is 19.0. The van der Waals surface area contributed by atoms with Crippen LogP contribution in [0.25, 0.3) is 32.6 Å². The number of ether oxygens (including phenoxy) is 1. The van der Waals surface area contributed by atoms with E-state index in [2.05, 4.69) is 15.1 Å². The van der Waals surface area contributed by atoms with E-state index in [4.69, 9.17) is 16.3 Å². The van der Waals surface area contributed by atoms with E-state index in [9.17, 15) is 14.3 Å². The first-order chi connectivity index (χ1) is 17.0. The molecule has 35 heavy (non-hydrogen) atoms. The molecule has 1 aliphatic rings. The van der Waals surface area contributed by atoms with Crippen molar-refractivity contribution in [2.24, 2.45) is 0 Å². The molecule has 1 saturated heterocycles. The van der Waals surface area contributed by atoms with Gasteiger partial charge in [-0.3, -0.25) is 14.3 Å². The highest BCUT2D eigenvalue weighted by Crippen LogP contribution is 2.33. The van der Waals surface area contributed by atoms with Crippen LogP contribution in [-0.4, -0.2) is 33.3 Å². The largest absolute Gasteiger partial charge is 0.494 e.